The lowest BCUT2D eigenvalue weighted by Gasteiger charge is -2.26. The molecule has 4 rings (SSSR count). The molecule has 1 N–H and O–H groups in total. The Morgan fingerprint density at radius 2 is 1.80 bits per heavy atom. The van der Waals surface area contributed by atoms with Crippen LogP contribution in [0.3, 0.4) is 0 Å². The molecular formula is C23H16ClFN2O3. The molecule has 150 valence electrons. The van der Waals surface area contributed by atoms with Gasteiger partial charge < -0.3 is 10.0 Å². The first-order valence-corrected chi connectivity index (χ1v) is 9.53. The number of halogens is 2. The second-order valence-electron chi connectivity index (χ2n) is 6.82. The maximum Gasteiger partial charge on any atom is 0.295 e. The van der Waals surface area contributed by atoms with Gasteiger partial charge in [-0.15, -0.1) is 0 Å². The summed E-state index contributed by atoms with van der Waals surface area (Å²) in [5, 5.41) is 11.3. The number of aromatic nitrogens is 1. The number of Topliss-reactive ketones (excluding diaryl/α,β-unsaturated/α-hetero) is 1. The monoisotopic (exact) mass is 422 g/mol. The average molecular weight is 423 g/mol. The third-order valence-electron chi connectivity index (χ3n) is 4.93. The first-order chi connectivity index (χ1) is 14.5. The van der Waals surface area contributed by atoms with E-state index in [1.807, 2.05) is 0 Å². The number of carbonyl (C=O) groups excluding carboxylic acids is 2. The second-order valence-corrected chi connectivity index (χ2v) is 7.22. The minimum atomic E-state index is -0.899. The summed E-state index contributed by atoms with van der Waals surface area (Å²) in [4.78, 5) is 31.3. The zero-order valence-electron chi connectivity index (χ0n) is 15.6. The molecule has 0 saturated carbocycles. The molecule has 0 radical (unpaired) electrons. The number of likely N-dealkylation sites (tertiary alicyclic amines) is 1. The fraction of sp³-hybridized carbons (Fsp3) is 0.0870. The highest BCUT2D eigenvalue weighted by molar-refractivity contribution is 6.46. The normalized spacial score (nSPS) is 18.1. The van der Waals surface area contributed by atoms with Crippen LogP contribution in [0.25, 0.3) is 5.76 Å². The van der Waals surface area contributed by atoms with Gasteiger partial charge in [-0.2, -0.15) is 0 Å². The number of benzene rings is 2. The molecule has 2 aromatic carbocycles. The molecule has 1 amide bonds. The van der Waals surface area contributed by atoms with E-state index in [9.17, 15) is 19.1 Å². The highest BCUT2D eigenvalue weighted by Gasteiger charge is 2.46. The van der Waals surface area contributed by atoms with Gasteiger partial charge in [-0.05, 0) is 47.5 Å². The third-order valence-corrected chi connectivity index (χ3v) is 5.28. The minimum Gasteiger partial charge on any atom is -0.507 e. The number of ketones is 1. The van der Waals surface area contributed by atoms with Crippen molar-refractivity contribution in [1.29, 1.82) is 0 Å². The quantitative estimate of drug-likeness (QED) is 0.382. The van der Waals surface area contributed by atoms with Crippen LogP contribution in [0.5, 0.6) is 0 Å². The molecule has 1 aliphatic heterocycles. The van der Waals surface area contributed by atoms with E-state index in [0.29, 0.717) is 10.6 Å². The third kappa shape index (κ3) is 3.57. The number of pyridine rings is 1. The van der Waals surface area contributed by atoms with Crippen molar-refractivity contribution >= 4 is 29.1 Å². The molecule has 1 aromatic heterocycles. The predicted octanol–water partition coefficient (Wildman–Crippen LogP) is 4.50. The van der Waals surface area contributed by atoms with Crippen LogP contribution in [-0.4, -0.2) is 26.7 Å². The van der Waals surface area contributed by atoms with E-state index in [1.165, 1.54) is 29.2 Å². The number of hydrogen-bond acceptors (Lipinski definition) is 4. The van der Waals surface area contributed by atoms with Crippen molar-refractivity contribution in [3.8, 4) is 0 Å². The van der Waals surface area contributed by atoms with Crippen molar-refractivity contribution in [3.63, 3.8) is 0 Å². The lowest BCUT2D eigenvalue weighted by atomic mass is 9.95. The Balaban J connectivity index is 1.88. The molecule has 0 aliphatic carbocycles. The molecule has 7 heteroatoms. The van der Waals surface area contributed by atoms with E-state index in [4.69, 9.17) is 11.6 Å². The molecule has 1 saturated heterocycles. The Kier molecular flexibility index (Phi) is 5.33. The van der Waals surface area contributed by atoms with Gasteiger partial charge in [-0.25, -0.2) is 4.39 Å². The summed E-state index contributed by atoms with van der Waals surface area (Å²) in [6.45, 7) is 0.106. The Hall–Kier alpha value is -3.51. The largest absolute Gasteiger partial charge is 0.507 e. The van der Waals surface area contributed by atoms with Crippen LogP contribution in [-0.2, 0) is 16.1 Å². The summed E-state index contributed by atoms with van der Waals surface area (Å²) in [6, 6.07) is 14.5. The number of hydrogen-bond donors (Lipinski definition) is 1. The standard InChI is InChI=1S/C23H16ClFN2O3/c24-18-6-2-1-5-17(18)20-19(21(28)15-7-9-16(25)10-8-15)22(29)23(30)27(20)13-14-4-3-11-26-12-14/h1-12,20,28H,13H2/t20-/m0/s1. The van der Waals surface area contributed by atoms with Crippen molar-refractivity contribution in [2.75, 3.05) is 0 Å². The van der Waals surface area contributed by atoms with Gasteiger partial charge in [0, 0.05) is 29.5 Å². The van der Waals surface area contributed by atoms with Crippen molar-refractivity contribution < 1.29 is 19.1 Å². The van der Waals surface area contributed by atoms with Crippen LogP contribution in [0.4, 0.5) is 4.39 Å². The molecule has 0 spiro atoms. The highest BCUT2D eigenvalue weighted by atomic mass is 35.5. The molecule has 0 unspecified atom stereocenters. The van der Waals surface area contributed by atoms with Gasteiger partial charge >= 0.3 is 0 Å². The van der Waals surface area contributed by atoms with Crippen LogP contribution in [0.15, 0.2) is 78.6 Å². The molecular weight excluding hydrogens is 407 g/mol. The Morgan fingerprint density at radius 3 is 2.47 bits per heavy atom. The zero-order chi connectivity index (χ0) is 21.3. The highest BCUT2D eigenvalue weighted by Crippen LogP contribution is 2.42. The summed E-state index contributed by atoms with van der Waals surface area (Å²) in [5.74, 6) is -2.45. The molecule has 1 fully saturated rings. The number of aliphatic hydroxyl groups excluding tert-OH is 1. The molecule has 5 nitrogen and oxygen atoms in total. The molecule has 2 heterocycles. The van der Waals surface area contributed by atoms with Crippen molar-refractivity contribution in [2.45, 2.75) is 12.6 Å². The van der Waals surface area contributed by atoms with E-state index in [-0.39, 0.29) is 23.4 Å². The fourth-order valence-corrected chi connectivity index (χ4v) is 3.75. The summed E-state index contributed by atoms with van der Waals surface area (Å²) >= 11 is 6.39. The van der Waals surface area contributed by atoms with Crippen LogP contribution in [0.2, 0.25) is 5.02 Å². The fourth-order valence-electron chi connectivity index (χ4n) is 3.51. The topological polar surface area (TPSA) is 70.5 Å². The van der Waals surface area contributed by atoms with E-state index < -0.39 is 23.5 Å². The van der Waals surface area contributed by atoms with E-state index in [0.717, 1.165) is 5.56 Å². The molecule has 30 heavy (non-hydrogen) atoms. The van der Waals surface area contributed by atoms with Crippen LogP contribution < -0.4 is 0 Å². The second kappa shape index (κ2) is 8.08. The Labute approximate surface area is 177 Å². The number of aliphatic hydroxyl groups is 1. The lowest BCUT2D eigenvalue weighted by molar-refractivity contribution is -0.140. The number of amides is 1. The number of nitrogens with zero attached hydrogens (tertiary/aromatic N) is 2. The summed E-state index contributed by atoms with van der Waals surface area (Å²) < 4.78 is 13.3. The Bertz CT molecular complexity index is 1150. The maximum atomic E-state index is 13.3. The van der Waals surface area contributed by atoms with Crippen molar-refractivity contribution in [3.05, 3.63) is 106 Å². The Morgan fingerprint density at radius 1 is 1.07 bits per heavy atom. The minimum absolute atomic E-state index is 0.0939. The van der Waals surface area contributed by atoms with Gasteiger partial charge in [0.1, 0.15) is 11.6 Å². The van der Waals surface area contributed by atoms with Gasteiger partial charge in [-0.1, -0.05) is 35.9 Å². The summed E-state index contributed by atoms with van der Waals surface area (Å²) in [6.07, 6.45) is 3.21. The maximum absolute atomic E-state index is 13.3. The number of rotatable bonds is 4. The smallest absolute Gasteiger partial charge is 0.295 e. The first kappa shape index (κ1) is 19.8. The average Bonchev–Trinajstić information content (AvgIpc) is 3.00. The first-order valence-electron chi connectivity index (χ1n) is 9.15. The predicted molar refractivity (Wildman–Crippen MR) is 110 cm³/mol. The summed E-state index contributed by atoms with van der Waals surface area (Å²) in [7, 11) is 0. The molecule has 1 atom stereocenters. The lowest BCUT2D eigenvalue weighted by Crippen LogP contribution is -2.29. The SMILES string of the molecule is O=C1C(=O)N(Cc2cccnc2)[C@@H](c2ccccc2Cl)C1=C(O)c1ccc(F)cc1. The van der Waals surface area contributed by atoms with Crippen molar-refractivity contribution in [1.82, 2.24) is 9.88 Å². The van der Waals surface area contributed by atoms with E-state index >= 15 is 0 Å². The zero-order valence-corrected chi connectivity index (χ0v) is 16.4. The molecule has 1 aliphatic rings. The van der Waals surface area contributed by atoms with Crippen LogP contribution in [0.1, 0.15) is 22.7 Å². The molecule has 0 bridgehead atoms. The van der Waals surface area contributed by atoms with Gasteiger partial charge in [-0.3, -0.25) is 14.6 Å². The van der Waals surface area contributed by atoms with E-state index in [1.54, 1.807) is 48.8 Å². The van der Waals surface area contributed by atoms with Crippen molar-refractivity contribution in [2.24, 2.45) is 0 Å². The van der Waals surface area contributed by atoms with Gasteiger partial charge in [0.05, 0.1) is 11.6 Å². The van der Waals surface area contributed by atoms with Gasteiger partial charge in [0.2, 0.25) is 0 Å². The molecule has 3 aromatic rings. The van der Waals surface area contributed by atoms with E-state index in [2.05, 4.69) is 4.98 Å². The van der Waals surface area contributed by atoms with Gasteiger partial charge in [0.15, 0.2) is 0 Å². The van der Waals surface area contributed by atoms with Crippen LogP contribution >= 0.6 is 11.6 Å². The van der Waals surface area contributed by atoms with Gasteiger partial charge in [0.25, 0.3) is 11.7 Å². The van der Waals surface area contributed by atoms with Crippen LogP contribution in [0, 0.1) is 5.82 Å². The summed E-state index contributed by atoms with van der Waals surface area (Å²) in [5.41, 5.74) is 1.36. The number of carbonyl (C=O) groups is 2.